The van der Waals surface area contributed by atoms with Crippen LogP contribution in [0.3, 0.4) is 0 Å². The average Bonchev–Trinajstić information content (AvgIpc) is 3.27. The molecule has 0 aliphatic heterocycles. The highest BCUT2D eigenvalue weighted by Crippen LogP contribution is 2.27. The highest BCUT2D eigenvalue weighted by Gasteiger charge is 2.13. The van der Waals surface area contributed by atoms with Crippen LogP contribution in [0.5, 0.6) is 0 Å². The number of aromatic nitrogens is 2. The highest BCUT2D eigenvalue weighted by atomic mass is 32.1. The lowest BCUT2D eigenvalue weighted by Crippen LogP contribution is -1.98. The second-order valence-corrected chi connectivity index (χ2v) is 6.76. The van der Waals surface area contributed by atoms with E-state index in [0.29, 0.717) is 18.3 Å². The van der Waals surface area contributed by atoms with Crippen LogP contribution in [0, 0.1) is 0 Å². The van der Waals surface area contributed by atoms with E-state index in [1.165, 1.54) is 4.88 Å². The zero-order valence-corrected chi connectivity index (χ0v) is 13.7. The summed E-state index contributed by atoms with van der Waals surface area (Å²) in [5.74, 6) is 1.26. The second kappa shape index (κ2) is 7.49. The van der Waals surface area contributed by atoms with Crippen molar-refractivity contribution in [2.45, 2.75) is 19.3 Å². The summed E-state index contributed by atoms with van der Waals surface area (Å²) in [7, 11) is 0. The summed E-state index contributed by atoms with van der Waals surface area (Å²) in [6.07, 6.45) is 5.03. The summed E-state index contributed by atoms with van der Waals surface area (Å²) >= 11 is 3.31. The molecule has 0 bridgehead atoms. The second-order valence-electron chi connectivity index (χ2n) is 4.83. The van der Waals surface area contributed by atoms with Crippen LogP contribution >= 0.6 is 22.7 Å². The molecule has 4 nitrogen and oxygen atoms in total. The van der Waals surface area contributed by atoms with Gasteiger partial charge >= 0.3 is 0 Å². The molecule has 0 fully saturated rings. The third kappa shape index (κ3) is 3.71. The van der Waals surface area contributed by atoms with Crippen molar-refractivity contribution in [2.75, 3.05) is 6.54 Å². The van der Waals surface area contributed by atoms with Crippen molar-refractivity contribution in [3.05, 3.63) is 45.8 Å². The van der Waals surface area contributed by atoms with Crippen LogP contribution in [0.15, 0.2) is 39.5 Å². The van der Waals surface area contributed by atoms with Crippen molar-refractivity contribution >= 4 is 34.3 Å². The summed E-state index contributed by atoms with van der Waals surface area (Å²) in [4.78, 5) is 6.76. The maximum atomic E-state index is 5.59. The number of hydrogen-bond acceptors (Lipinski definition) is 6. The fourth-order valence-corrected chi connectivity index (χ4v) is 3.44. The first-order valence-corrected chi connectivity index (χ1v) is 8.95. The number of nitrogens with two attached hydrogens (primary N) is 1. The summed E-state index contributed by atoms with van der Waals surface area (Å²) in [6, 6.07) is 8.11. The molecule has 3 aromatic rings. The van der Waals surface area contributed by atoms with Gasteiger partial charge in [-0.1, -0.05) is 17.3 Å². The standard InChI is InChI=1S/C16H17N3OS2/c17-8-2-1-5-12(11-13-6-3-9-21-13)16-18-15(19-20-16)14-7-4-10-22-14/h3-4,6-7,9-11H,1-2,5,8,17H2/b12-11+. The molecule has 0 aliphatic carbocycles. The van der Waals surface area contributed by atoms with E-state index in [1.54, 1.807) is 22.7 Å². The Kier molecular flexibility index (Phi) is 5.15. The summed E-state index contributed by atoms with van der Waals surface area (Å²) in [5, 5.41) is 8.17. The van der Waals surface area contributed by atoms with Crippen LogP contribution in [-0.2, 0) is 0 Å². The van der Waals surface area contributed by atoms with Crippen LogP contribution in [0.2, 0.25) is 0 Å². The smallest absolute Gasteiger partial charge is 0.254 e. The normalized spacial score (nSPS) is 12.0. The van der Waals surface area contributed by atoms with Gasteiger partial charge in [0, 0.05) is 10.5 Å². The fourth-order valence-electron chi connectivity index (χ4n) is 2.11. The quantitative estimate of drug-likeness (QED) is 0.646. The van der Waals surface area contributed by atoms with Crippen molar-refractivity contribution in [3.63, 3.8) is 0 Å². The topological polar surface area (TPSA) is 64.9 Å². The molecule has 3 aromatic heterocycles. The third-order valence-corrected chi connectivity index (χ3v) is 4.89. The number of nitrogens with zero attached hydrogens (tertiary/aromatic N) is 2. The predicted molar refractivity (Wildman–Crippen MR) is 92.7 cm³/mol. The highest BCUT2D eigenvalue weighted by molar-refractivity contribution is 7.13. The Bertz CT molecular complexity index is 715. The molecule has 3 heterocycles. The van der Waals surface area contributed by atoms with Crippen LogP contribution in [0.1, 0.15) is 30.0 Å². The largest absolute Gasteiger partial charge is 0.334 e. The van der Waals surface area contributed by atoms with Gasteiger partial charge in [-0.15, -0.1) is 22.7 Å². The molecule has 0 aromatic carbocycles. The van der Waals surface area contributed by atoms with E-state index in [9.17, 15) is 0 Å². The average molecular weight is 331 g/mol. The molecule has 0 aliphatic rings. The molecular formula is C16H17N3OS2. The van der Waals surface area contributed by atoms with E-state index in [4.69, 9.17) is 10.3 Å². The van der Waals surface area contributed by atoms with E-state index < -0.39 is 0 Å². The van der Waals surface area contributed by atoms with Crippen molar-refractivity contribution in [3.8, 4) is 10.7 Å². The van der Waals surface area contributed by atoms with Gasteiger partial charge in [0.05, 0.1) is 4.88 Å². The van der Waals surface area contributed by atoms with Crippen LogP contribution in [0.25, 0.3) is 22.4 Å². The van der Waals surface area contributed by atoms with Crippen molar-refractivity contribution in [2.24, 2.45) is 5.73 Å². The Morgan fingerprint density at radius 3 is 2.77 bits per heavy atom. The summed E-state index contributed by atoms with van der Waals surface area (Å²) in [5.41, 5.74) is 6.67. The van der Waals surface area contributed by atoms with Crippen molar-refractivity contribution in [1.82, 2.24) is 10.1 Å². The molecule has 6 heteroatoms. The van der Waals surface area contributed by atoms with Gasteiger partial charge < -0.3 is 10.3 Å². The van der Waals surface area contributed by atoms with Gasteiger partial charge in [-0.3, -0.25) is 0 Å². The van der Waals surface area contributed by atoms with Gasteiger partial charge in [0.15, 0.2) is 0 Å². The molecular weight excluding hydrogens is 314 g/mol. The van der Waals surface area contributed by atoms with Gasteiger partial charge in [0.25, 0.3) is 5.89 Å². The van der Waals surface area contributed by atoms with Gasteiger partial charge in [-0.25, -0.2) is 0 Å². The van der Waals surface area contributed by atoms with E-state index in [1.807, 2.05) is 23.6 Å². The maximum absolute atomic E-state index is 5.59. The Morgan fingerprint density at radius 1 is 1.18 bits per heavy atom. The van der Waals surface area contributed by atoms with Gasteiger partial charge in [0.2, 0.25) is 5.82 Å². The number of rotatable bonds is 7. The molecule has 0 radical (unpaired) electrons. The first-order chi connectivity index (χ1) is 10.9. The minimum Gasteiger partial charge on any atom is -0.334 e. The first-order valence-electron chi connectivity index (χ1n) is 7.19. The molecule has 0 saturated carbocycles. The molecule has 0 saturated heterocycles. The van der Waals surface area contributed by atoms with Crippen LogP contribution in [0.4, 0.5) is 0 Å². The Morgan fingerprint density at radius 2 is 2.05 bits per heavy atom. The molecule has 22 heavy (non-hydrogen) atoms. The lowest BCUT2D eigenvalue weighted by Gasteiger charge is -2.01. The van der Waals surface area contributed by atoms with Gasteiger partial charge in [0.1, 0.15) is 0 Å². The van der Waals surface area contributed by atoms with Gasteiger partial charge in [-0.2, -0.15) is 4.98 Å². The molecule has 3 rings (SSSR count). The number of hydrogen-bond donors (Lipinski definition) is 1. The first kappa shape index (κ1) is 15.1. The molecule has 0 unspecified atom stereocenters. The lowest BCUT2D eigenvalue weighted by molar-refractivity contribution is 0.407. The van der Waals surface area contributed by atoms with Crippen molar-refractivity contribution in [1.29, 1.82) is 0 Å². The van der Waals surface area contributed by atoms with Crippen LogP contribution < -0.4 is 5.73 Å². The predicted octanol–water partition coefficient (Wildman–Crippen LogP) is 4.53. The van der Waals surface area contributed by atoms with E-state index >= 15 is 0 Å². The maximum Gasteiger partial charge on any atom is 0.254 e. The van der Waals surface area contributed by atoms with E-state index in [2.05, 4.69) is 27.7 Å². The number of thiophene rings is 2. The van der Waals surface area contributed by atoms with Crippen LogP contribution in [-0.4, -0.2) is 16.7 Å². The fraction of sp³-hybridized carbons (Fsp3) is 0.250. The Labute approximate surface area is 137 Å². The Hall–Kier alpha value is -1.76. The molecule has 2 N–H and O–H groups in total. The number of unbranched alkanes of at least 4 members (excludes halogenated alkanes) is 1. The summed E-state index contributed by atoms with van der Waals surface area (Å²) < 4.78 is 5.48. The SMILES string of the molecule is NCCCC/C(=C\c1cccs1)c1nc(-c2cccs2)no1. The Balaban J connectivity index is 1.85. The summed E-state index contributed by atoms with van der Waals surface area (Å²) in [6.45, 7) is 0.705. The van der Waals surface area contributed by atoms with Gasteiger partial charge in [-0.05, 0) is 54.8 Å². The third-order valence-electron chi connectivity index (χ3n) is 3.20. The van der Waals surface area contributed by atoms with Crippen molar-refractivity contribution < 1.29 is 4.52 Å². The molecule has 0 spiro atoms. The lowest BCUT2D eigenvalue weighted by atomic mass is 10.1. The zero-order chi connectivity index (χ0) is 15.2. The minimum atomic E-state index is 0.605. The number of allylic oxidation sites excluding steroid dienone is 1. The molecule has 114 valence electrons. The minimum absolute atomic E-state index is 0.605. The molecule has 0 atom stereocenters. The monoisotopic (exact) mass is 331 g/mol. The zero-order valence-electron chi connectivity index (χ0n) is 12.1. The van der Waals surface area contributed by atoms with E-state index in [-0.39, 0.29) is 0 Å². The van der Waals surface area contributed by atoms with E-state index in [0.717, 1.165) is 29.7 Å². The molecule has 0 amide bonds.